The summed E-state index contributed by atoms with van der Waals surface area (Å²) in [5.74, 6) is 0. The Balaban J connectivity index is 2.07. The van der Waals surface area contributed by atoms with Gasteiger partial charge in [-0.25, -0.2) is 4.79 Å². The van der Waals surface area contributed by atoms with E-state index < -0.39 is 17.3 Å². The van der Waals surface area contributed by atoms with Crippen molar-refractivity contribution < 1.29 is 22.7 Å². The van der Waals surface area contributed by atoms with Crippen LogP contribution in [0.5, 0.6) is 0 Å². The number of nitrogens with one attached hydrogen (secondary N) is 1. The highest BCUT2D eigenvalue weighted by molar-refractivity contribution is 5.68. The molecule has 1 N–H and O–H groups in total. The van der Waals surface area contributed by atoms with Crippen LogP contribution in [-0.2, 0) is 17.3 Å². The molecule has 1 aromatic carbocycles. The van der Waals surface area contributed by atoms with Gasteiger partial charge in [0.25, 0.3) is 0 Å². The van der Waals surface area contributed by atoms with E-state index in [4.69, 9.17) is 4.74 Å². The molecule has 1 unspecified atom stereocenters. The van der Waals surface area contributed by atoms with Crippen molar-refractivity contribution in [1.82, 2.24) is 10.2 Å². The van der Waals surface area contributed by atoms with Gasteiger partial charge in [-0.3, -0.25) is 0 Å². The summed E-state index contributed by atoms with van der Waals surface area (Å²) in [6, 6.07) is 4.92. The number of halogens is 3. The SMILES string of the molecule is CC(C)(C)OC(=O)N1CCNCC1Cc1ccc(C(F)(F)F)cc1. The van der Waals surface area contributed by atoms with Crippen LogP contribution in [0.3, 0.4) is 0 Å². The van der Waals surface area contributed by atoms with Gasteiger partial charge < -0.3 is 15.0 Å². The van der Waals surface area contributed by atoms with E-state index in [9.17, 15) is 18.0 Å². The first-order valence-corrected chi connectivity index (χ1v) is 7.93. The molecule has 1 aliphatic heterocycles. The van der Waals surface area contributed by atoms with Crippen LogP contribution >= 0.6 is 0 Å². The van der Waals surface area contributed by atoms with Gasteiger partial charge in [-0.2, -0.15) is 13.2 Å². The highest BCUT2D eigenvalue weighted by Gasteiger charge is 2.32. The molecule has 4 nitrogen and oxygen atoms in total. The van der Waals surface area contributed by atoms with Crippen molar-refractivity contribution in [3.05, 3.63) is 35.4 Å². The Bertz CT molecular complexity index is 565. The summed E-state index contributed by atoms with van der Waals surface area (Å²) in [4.78, 5) is 14.0. The zero-order valence-corrected chi connectivity index (χ0v) is 14.1. The van der Waals surface area contributed by atoms with Gasteiger partial charge in [-0.1, -0.05) is 12.1 Å². The average Bonchev–Trinajstić information content (AvgIpc) is 2.45. The molecule has 24 heavy (non-hydrogen) atoms. The zero-order valence-electron chi connectivity index (χ0n) is 14.1. The third-order valence-electron chi connectivity index (χ3n) is 3.73. The van der Waals surface area contributed by atoms with Crippen molar-refractivity contribution >= 4 is 6.09 Å². The second kappa shape index (κ2) is 7.01. The lowest BCUT2D eigenvalue weighted by molar-refractivity contribution is -0.137. The standard InChI is InChI=1S/C17H23F3N2O2/c1-16(2,3)24-15(23)22-9-8-21-11-14(22)10-12-4-6-13(7-5-12)17(18,19)20/h4-7,14,21H,8-11H2,1-3H3. The lowest BCUT2D eigenvalue weighted by atomic mass is 10.0. The minimum atomic E-state index is -4.34. The molecular weight excluding hydrogens is 321 g/mol. The molecule has 1 aromatic rings. The molecule has 0 radical (unpaired) electrons. The smallest absolute Gasteiger partial charge is 0.416 e. The van der Waals surface area contributed by atoms with Crippen LogP contribution in [0, 0.1) is 0 Å². The fraction of sp³-hybridized carbons (Fsp3) is 0.588. The van der Waals surface area contributed by atoms with E-state index in [-0.39, 0.29) is 12.1 Å². The molecule has 1 heterocycles. The number of nitrogens with zero attached hydrogens (tertiary/aromatic N) is 1. The summed E-state index contributed by atoms with van der Waals surface area (Å²) in [7, 11) is 0. The molecule has 0 aliphatic carbocycles. The maximum absolute atomic E-state index is 12.6. The van der Waals surface area contributed by atoms with E-state index >= 15 is 0 Å². The number of hydrogen-bond acceptors (Lipinski definition) is 3. The Labute approximate surface area is 140 Å². The number of rotatable bonds is 2. The topological polar surface area (TPSA) is 41.6 Å². The largest absolute Gasteiger partial charge is 0.444 e. The normalized spacial score (nSPS) is 19.2. The van der Waals surface area contributed by atoms with E-state index in [1.165, 1.54) is 12.1 Å². The molecule has 134 valence electrons. The van der Waals surface area contributed by atoms with Crippen LogP contribution in [0.25, 0.3) is 0 Å². The average molecular weight is 344 g/mol. The molecule has 7 heteroatoms. The van der Waals surface area contributed by atoms with E-state index in [2.05, 4.69) is 5.32 Å². The van der Waals surface area contributed by atoms with Crippen LogP contribution < -0.4 is 5.32 Å². The molecule has 1 fully saturated rings. The molecule has 1 amide bonds. The predicted octanol–water partition coefficient (Wildman–Crippen LogP) is 3.46. The van der Waals surface area contributed by atoms with Crippen molar-refractivity contribution in [3.63, 3.8) is 0 Å². The molecule has 0 saturated carbocycles. The number of amides is 1. The third kappa shape index (κ3) is 5.12. The quantitative estimate of drug-likeness (QED) is 0.893. The highest BCUT2D eigenvalue weighted by atomic mass is 19.4. The molecule has 0 spiro atoms. The van der Waals surface area contributed by atoms with Gasteiger partial charge >= 0.3 is 12.3 Å². The first kappa shape index (κ1) is 18.6. The van der Waals surface area contributed by atoms with Crippen LogP contribution in [-0.4, -0.2) is 42.3 Å². The van der Waals surface area contributed by atoms with Crippen molar-refractivity contribution in [2.45, 2.75) is 45.0 Å². The minimum absolute atomic E-state index is 0.148. The monoisotopic (exact) mass is 344 g/mol. The van der Waals surface area contributed by atoms with E-state index in [1.807, 2.05) is 0 Å². The first-order valence-electron chi connectivity index (χ1n) is 7.93. The van der Waals surface area contributed by atoms with Crippen LogP contribution in [0.15, 0.2) is 24.3 Å². The number of hydrogen-bond donors (Lipinski definition) is 1. The summed E-state index contributed by atoms with van der Waals surface area (Å²) in [5, 5.41) is 3.21. The van der Waals surface area contributed by atoms with E-state index in [0.717, 1.165) is 17.7 Å². The number of carbonyl (C=O) groups excluding carboxylic acids is 1. The van der Waals surface area contributed by atoms with Crippen LogP contribution in [0.1, 0.15) is 31.9 Å². The first-order chi connectivity index (χ1) is 11.1. The van der Waals surface area contributed by atoms with Gasteiger partial charge in [0.15, 0.2) is 0 Å². The summed E-state index contributed by atoms with van der Waals surface area (Å²) in [5.41, 5.74) is -0.497. The van der Waals surface area contributed by atoms with Crippen LogP contribution in [0.4, 0.5) is 18.0 Å². The molecular formula is C17H23F3N2O2. The zero-order chi connectivity index (χ0) is 18.0. The molecule has 1 aliphatic rings. The molecule has 2 rings (SSSR count). The van der Waals surface area contributed by atoms with Crippen molar-refractivity contribution in [1.29, 1.82) is 0 Å². The maximum atomic E-state index is 12.6. The predicted molar refractivity (Wildman–Crippen MR) is 84.7 cm³/mol. The van der Waals surface area contributed by atoms with Gasteiger partial charge in [0, 0.05) is 19.6 Å². The molecule has 1 saturated heterocycles. The summed E-state index contributed by atoms with van der Waals surface area (Å²) >= 11 is 0. The maximum Gasteiger partial charge on any atom is 0.416 e. The Morgan fingerprint density at radius 2 is 1.88 bits per heavy atom. The molecule has 1 atom stereocenters. The fourth-order valence-electron chi connectivity index (χ4n) is 2.61. The Morgan fingerprint density at radius 1 is 1.25 bits per heavy atom. The fourth-order valence-corrected chi connectivity index (χ4v) is 2.61. The van der Waals surface area contributed by atoms with Gasteiger partial charge in [0.05, 0.1) is 11.6 Å². The summed E-state index contributed by atoms with van der Waals surface area (Å²) in [6.07, 6.45) is -4.25. The third-order valence-corrected chi connectivity index (χ3v) is 3.73. The lowest BCUT2D eigenvalue weighted by Crippen LogP contribution is -2.55. The van der Waals surface area contributed by atoms with E-state index in [1.54, 1.807) is 25.7 Å². The molecule has 0 bridgehead atoms. The lowest BCUT2D eigenvalue weighted by Gasteiger charge is -2.37. The summed E-state index contributed by atoms with van der Waals surface area (Å²) in [6.45, 7) is 7.18. The van der Waals surface area contributed by atoms with Gasteiger partial charge in [-0.15, -0.1) is 0 Å². The number of benzene rings is 1. The Kier molecular flexibility index (Phi) is 5.42. The molecule has 0 aromatic heterocycles. The number of ether oxygens (including phenoxy) is 1. The number of carbonyl (C=O) groups is 1. The van der Waals surface area contributed by atoms with Crippen molar-refractivity contribution in [2.24, 2.45) is 0 Å². The van der Waals surface area contributed by atoms with Crippen molar-refractivity contribution in [3.8, 4) is 0 Å². The Morgan fingerprint density at radius 3 is 2.42 bits per heavy atom. The van der Waals surface area contributed by atoms with Gasteiger partial charge in [0.1, 0.15) is 5.60 Å². The second-order valence-corrected chi connectivity index (χ2v) is 6.93. The second-order valence-electron chi connectivity index (χ2n) is 6.93. The van der Waals surface area contributed by atoms with Crippen LogP contribution in [0.2, 0.25) is 0 Å². The Hall–Kier alpha value is -1.76. The van der Waals surface area contributed by atoms with E-state index in [0.29, 0.717) is 26.1 Å². The highest BCUT2D eigenvalue weighted by Crippen LogP contribution is 2.29. The van der Waals surface area contributed by atoms with Gasteiger partial charge in [0.2, 0.25) is 0 Å². The minimum Gasteiger partial charge on any atom is -0.444 e. The number of piperazine rings is 1. The number of alkyl halides is 3. The summed E-state index contributed by atoms with van der Waals surface area (Å²) < 4.78 is 43.3. The van der Waals surface area contributed by atoms with Crippen molar-refractivity contribution in [2.75, 3.05) is 19.6 Å². The van der Waals surface area contributed by atoms with Gasteiger partial charge in [-0.05, 0) is 44.9 Å².